The number of hydrogen-bond donors (Lipinski definition) is 1. The fourth-order valence-corrected chi connectivity index (χ4v) is 3.00. The maximum atomic E-state index is 12.6. The molecule has 1 atom stereocenters. The molecule has 27 heavy (non-hydrogen) atoms. The Bertz CT molecular complexity index is 940. The zero-order valence-electron chi connectivity index (χ0n) is 14.5. The lowest BCUT2D eigenvalue weighted by atomic mass is 10.0. The van der Waals surface area contributed by atoms with Gasteiger partial charge in [-0.1, -0.05) is 63.6 Å². The van der Waals surface area contributed by atoms with E-state index in [0.29, 0.717) is 5.76 Å². The molecule has 0 saturated heterocycles. The van der Waals surface area contributed by atoms with Gasteiger partial charge in [0.05, 0.1) is 19.6 Å². The highest BCUT2D eigenvalue weighted by Crippen LogP contribution is 2.23. The van der Waals surface area contributed by atoms with E-state index in [9.17, 15) is 9.59 Å². The third-order valence-electron chi connectivity index (χ3n) is 3.96. The second kappa shape index (κ2) is 8.64. The van der Waals surface area contributed by atoms with Crippen LogP contribution >= 0.6 is 15.9 Å². The summed E-state index contributed by atoms with van der Waals surface area (Å²) in [5.74, 6) is -0.368. The summed E-state index contributed by atoms with van der Waals surface area (Å²) < 4.78 is 10.9. The number of rotatable bonds is 6. The Morgan fingerprint density at radius 2 is 1.93 bits per heavy atom. The van der Waals surface area contributed by atoms with Crippen LogP contribution in [0.2, 0.25) is 0 Å². The van der Waals surface area contributed by atoms with E-state index in [-0.39, 0.29) is 12.1 Å². The number of amides is 1. The predicted molar refractivity (Wildman–Crippen MR) is 103 cm³/mol. The van der Waals surface area contributed by atoms with Crippen LogP contribution in [0.25, 0.3) is 11.3 Å². The number of benzene rings is 2. The number of esters is 1. The van der Waals surface area contributed by atoms with Crippen LogP contribution in [-0.2, 0) is 9.53 Å². The number of hydrogen-bond acceptors (Lipinski definition) is 5. The van der Waals surface area contributed by atoms with Crippen LogP contribution in [0, 0.1) is 0 Å². The van der Waals surface area contributed by atoms with Crippen LogP contribution in [0.15, 0.2) is 69.7 Å². The van der Waals surface area contributed by atoms with Crippen LogP contribution in [0.3, 0.4) is 0 Å². The Balaban J connectivity index is 1.80. The van der Waals surface area contributed by atoms with E-state index >= 15 is 0 Å². The zero-order valence-corrected chi connectivity index (χ0v) is 16.1. The number of nitrogens with one attached hydrogen (secondary N) is 1. The number of ether oxygens (including phenoxy) is 1. The van der Waals surface area contributed by atoms with Gasteiger partial charge in [0.25, 0.3) is 5.91 Å². The Labute approximate surface area is 164 Å². The lowest BCUT2D eigenvalue weighted by Crippen LogP contribution is -2.30. The molecule has 3 aromatic rings. The van der Waals surface area contributed by atoms with Crippen molar-refractivity contribution in [3.8, 4) is 11.3 Å². The lowest BCUT2D eigenvalue weighted by molar-refractivity contribution is -0.141. The number of methoxy groups -OCH3 is 1. The number of carbonyl (C=O) groups is 2. The number of aromatic nitrogens is 1. The SMILES string of the molecule is COC(=O)CC(NC(=O)c1cc(-c2ccccc2)on1)c1cccc(Br)c1. The first-order valence-electron chi connectivity index (χ1n) is 8.22. The van der Waals surface area contributed by atoms with Gasteiger partial charge in [-0.05, 0) is 17.7 Å². The summed E-state index contributed by atoms with van der Waals surface area (Å²) >= 11 is 3.40. The molecule has 1 heterocycles. The van der Waals surface area contributed by atoms with Crippen LogP contribution < -0.4 is 5.32 Å². The molecule has 7 heteroatoms. The van der Waals surface area contributed by atoms with Crippen molar-refractivity contribution in [2.45, 2.75) is 12.5 Å². The van der Waals surface area contributed by atoms with Gasteiger partial charge in [-0.15, -0.1) is 0 Å². The molecule has 3 rings (SSSR count). The molecule has 0 aliphatic rings. The molecule has 0 aliphatic heterocycles. The van der Waals surface area contributed by atoms with Gasteiger partial charge >= 0.3 is 5.97 Å². The Hall–Kier alpha value is -2.93. The predicted octanol–water partition coefficient (Wildman–Crippen LogP) is 4.14. The van der Waals surface area contributed by atoms with Gasteiger partial charge in [-0.2, -0.15) is 0 Å². The molecule has 0 bridgehead atoms. The van der Waals surface area contributed by atoms with Crippen LogP contribution in [0.1, 0.15) is 28.5 Å². The van der Waals surface area contributed by atoms with E-state index in [1.165, 1.54) is 7.11 Å². The Kier molecular flexibility index (Phi) is 6.03. The average Bonchev–Trinajstić information content (AvgIpc) is 3.18. The molecule has 1 amide bonds. The molecule has 0 aliphatic carbocycles. The summed E-state index contributed by atoms with van der Waals surface area (Å²) in [5.41, 5.74) is 1.73. The van der Waals surface area contributed by atoms with E-state index in [1.54, 1.807) is 6.07 Å². The molecule has 6 nitrogen and oxygen atoms in total. The summed E-state index contributed by atoms with van der Waals surface area (Å²) in [6.45, 7) is 0. The second-order valence-corrected chi connectivity index (χ2v) is 6.72. The highest BCUT2D eigenvalue weighted by atomic mass is 79.9. The molecule has 0 spiro atoms. The fraction of sp³-hybridized carbons (Fsp3) is 0.150. The minimum absolute atomic E-state index is 0.00207. The lowest BCUT2D eigenvalue weighted by Gasteiger charge is -2.17. The molecule has 2 aromatic carbocycles. The highest BCUT2D eigenvalue weighted by molar-refractivity contribution is 9.10. The molecule has 0 fully saturated rings. The largest absolute Gasteiger partial charge is 0.469 e. The molecule has 138 valence electrons. The maximum absolute atomic E-state index is 12.6. The second-order valence-electron chi connectivity index (χ2n) is 5.80. The molecule has 1 N–H and O–H groups in total. The van der Waals surface area contributed by atoms with Crippen LogP contribution in [-0.4, -0.2) is 24.1 Å². The number of nitrogens with zero attached hydrogens (tertiary/aromatic N) is 1. The maximum Gasteiger partial charge on any atom is 0.307 e. The van der Waals surface area contributed by atoms with Gasteiger partial charge < -0.3 is 14.6 Å². The van der Waals surface area contributed by atoms with Crippen LogP contribution in [0.4, 0.5) is 0 Å². The average molecular weight is 429 g/mol. The summed E-state index contributed by atoms with van der Waals surface area (Å²) in [6.07, 6.45) is 0.00207. The molecule has 1 aromatic heterocycles. The molecular formula is C20H17BrN2O4. The van der Waals surface area contributed by atoms with E-state index in [4.69, 9.17) is 9.26 Å². The quantitative estimate of drug-likeness (QED) is 0.596. The van der Waals surface area contributed by atoms with E-state index in [2.05, 4.69) is 26.4 Å². The van der Waals surface area contributed by atoms with Gasteiger partial charge in [0.2, 0.25) is 0 Å². The first-order valence-corrected chi connectivity index (χ1v) is 9.01. The standard InChI is InChI=1S/C20H17BrN2O4/c1-26-19(24)12-16(14-8-5-9-15(21)10-14)22-20(25)17-11-18(27-23-17)13-6-3-2-4-7-13/h2-11,16H,12H2,1H3,(H,22,25). The van der Waals surface area contributed by atoms with Gasteiger partial charge in [0, 0.05) is 16.1 Å². The summed E-state index contributed by atoms with van der Waals surface area (Å²) in [7, 11) is 1.31. The van der Waals surface area contributed by atoms with Crippen molar-refractivity contribution in [1.29, 1.82) is 0 Å². The Morgan fingerprint density at radius 3 is 2.63 bits per heavy atom. The summed E-state index contributed by atoms with van der Waals surface area (Å²) in [6, 6.07) is 17.7. The van der Waals surface area contributed by atoms with E-state index in [1.807, 2.05) is 54.6 Å². The van der Waals surface area contributed by atoms with Crippen molar-refractivity contribution in [2.24, 2.45) is 0 Å². The number of halogens is 1. The van der Waals surface area contributed by atoms with Crippen molar-refractivity contribution < 1.29 is 18.8 Å². The minimum Gasteiger partial charge on any atom is -0.469 e. The van der Waals surface area contributed by atoms with Crippen molar-refractivity contribution in [3.05, 3.63) is 76.4 Å². The van der Waals surface area contributed by atoms with Crippen molar-refractivity contribution in [3.63, 3.8) is 0 Å². The van der Waals surface area contributed by atoms with Crippen molar-refractivity contribution >= 4 is 27.8 Å². The highest BCUT2D eigenvalue weighted by Gasteiger charge is 2.22. The van der Waals surface area contributed by atoms with Crippen LogP contribution in [0.5, 0.6) is 0 Å². The van der Waals surface area contributed by atoms with Gasteiger partial charge in [0.1, 0.15) is 0 Å². The summed E-state index contributed by atoms with van der Waals surface area (Å²) in [5, 5.41) is 6.67. The normalized spacial score (nSPS) is 11.6. The van der Waals surface area contributed by atoms with Crippen molar-refractivity contribution in [1.82, 2.24) is 10.5 Å². The molecule has 0 radical (unpaired) electrons. The van der Waals surface area contributed by atoms with Gasteiger partial charge in [-0.25, -0.2) is 0 Å². The van der Waals surface area contributed by atoms with Crippen molar-refractivity contribution in [2.75, 3.05) is 7.11 Å². The third-order valence-corrected chi connectivity index (χ3v) is 4.45. The number of carbonyl (C=O) groups excluding carboxylic acids is 2. The first-order chi connectivity index (χ1) is 13.1. The zero-order chi connectivity index (χ0) is 19.2. The topological polar surface area (TPSA) is 81.4 Å². The van der Waals surface area contributed by atoms with Gasteiger partial charge in [-0.3, -0.25) is 9.59 Å². The Morgan fingerprint density at radius 1 is 1.15 bits per heavy atom. The fourth-order valence-electron chi connectivity index (χ4n) is 2.58. The van der Waals surface area contributed by atoms with E-state index in [0.717, 1.165) is 15.6 Å². The monoisotopic (exact) mass is 428 g/mol. The summed E-state index contributed by atoms with van der Waals surface area (Å²) in [4.78, 5) is 24.4. The van der Waals surface area contributed by atoms with Gasteiger partial charge in [0.15, 0.2) is 11.5 Å². The first kappa shape index (κ1) is 18.8. The van der Waals surface area contributed by atoms with E-state index < -0.39 is 17.9 Å². The molecule has 0 saturated carbocycles. The smallest absolute Gasteiger partial charge is 0.307 e. The third kappa shape index (κ3) is 4.83. The molecular weight excluding hydrogens is 412 g/mol. The molecule has 1 unspecified atom stereocenters. The minimum atomic E-state index is -0.556.